The maximum Gasteiger partial charge on any atom is 0.153 e. The van der Waals surface area contributed by atoms with E-state index < -0.39 is 0 Å². The van der Waals surface area contributed by atoms with E-state index in [2.05, 4.69) is 53.4 Å². The van der Waals surface area contributed by atoms with Gasteiger partial charge in [0, 0.05) is 17.4 Å². The Hall–Kier alpha value is -0.630. The standard InChI is InChI=1S/C35H69NO/c1-8-13-17-20-24-28-31(27-23-16-11-4)33(37)34(35(6,7)12-5)36-32(29-25-21-18-14-9-2)30-26-22-19-15-10-3/h12,31-32,34,36H,5,8-11,13-30H2,1-4,6-7H3. The Morgan fingerprint density at radius 1 is 0.622 bits per heavy atom. The van der Waals surface area contributed by atoms with Crippen LogP contribution in [-0.2, 0) is 4.79 Å². The lowest BCUT2D eigenvalue weighted by Gasteiger charge is -2.37. The van der Waals surface area contributed by atoms with E-state index in [1.165, 1.54) is 128 Å². The molecule has 2 unspecified atom stereocenters. The zero-order valence-electron chi connectivity index (χ0n) is 26.5. The first kappa shape index (κ1) is 36.4. The number of nitrogens with one attached hydrogen (secondary N) is 1. The van der Waals surface area contributed by atoms with Crippen molar-refractivity contribution < 1.29 is 4.79 Å². The Morgan fingerprint density at radius 2 is 0.973 bits per heavy atom. The Labute approximate surface area is 234 Å². The van der Waals surface area contributed by atoms with E-state index in [1.54, 1.807) is 0 Å². The number of hydrogen-bond acceptors (Lipinski definition) is 2. The third-order valence-corrected chi connectivity index (χ3v) is 8.48. The van der Waals surface area contributed by atoms with Crippen molar-refractivity contribution >= 4 is 5.78 Å². The third-order valence-electron chi connectivity index (χ3n) is 8.48. The molecular formula is C35H69NO. The fourth-order valence-electron chi connectivity index (χ4n) is 5.62. The van der Waals surface area contributed by atoms with E-state index in [4.69, 9.17) is 0 Å². The summed E-state index contributed by atoms with van der Waals surface area (Å²) in [5, 5.41) is 3.99. The molecule has 0 rings (SSSR count). The summed E-state index contributed by atoms with van der Waals surface area (Å²) in [5.41, 5.74) is -0.231. The normalized spacial score (nSPS) is 13.7. The largest absolute Gasteiger partial charge is 0.304 e. The van der Waals surface area contributed by atoms with Gasteiger partial charge in [0.15, 0.2) is 5.78 Å². The van der Waals surface area contributed by atoms with Crippen LogP contribution >= 0.6 is 0 Å². The summed E-state index contributed by atoms with van der Waals surface area (Å²) in [4.78, 5) is 14.2. The zero-order valence-corrected chi connectivity index (χ0v) is 26.5. The van der Waals surface area contributed by atoms with Gasteiger partial charge in [-0.05, 0) is 25.7 Å². The topological polar surface area (TPSA) is 29.1 Å². The second-order valence-electron chi connectivity index (χ2n) is 12.5. The van der Waals surface area contributed by atoms with Crippen LogP contribution in [0.25, 0.3) is 0 Å². The molecule has 2 nitrogen and oxygen atoms in total. The summed E-state index contributed by atoms with van der Waals surface area (Å²) >= 11 is 0. The molecule has 0 amide bonds. The van der Waals surface area contributed by atoms with Crippen LogP contribution in [0.1, 0.15) is 183 Å². The highest BCUT2D eigenvalue weighted by atomic mass is 16.1. The molecule has 0 fully saturated rings. The van der Waals surface area contributed by atoms with E-state index in [9.17, 15) is 4.79 Å². The fraction of sp³-hybridized carbons (Fsp3) is 0.914. The number of unbranched alkanes of at least 4 members (excludes halogenated alkanes) is 14. The molecule has 0 aromatic carbocycles. The Balaban J connectivity index is 5.47. The summed E-state index contributed by atoms with van der Waals surface area (Å²) in [6, 6.07) is 0.320. The van der Waals surface area contributed by atoms with Gasteiger partial charge in [-0.15, -0.1) is 6.58 Å². The van der Waals surface area contributed by atoms with E-state index >= 15 is 0 Å². The van der Waals surface area contributed by atoms with Crippen LogP contribution in [0.2, 0.25) is 0 Å². The molecule has 0 heterocycles. The van der Waals surface area contributed by atoms with E-state index in [0.29, 0.717) is 11.8 Å². The number of Topliss-reactive ketones (excluding diaryl/α,β-unsaturated/α-hetero) is 1. The van der Waals surface area contributed by atoms with Crippen LogP contribution in [-0.4, -0.2) is 17.9 Å². The van der Waals surface area contributed by atoms with Gasteiger partial charge < -0.3 is 5.32 Å². The maximum atomic E-state index is 14.2. The number of carbonyl (C=O) groups is 1. The third kappa shape index (κ3) is 18.3. The van der Waals surface area contributed by atoms with Crippen LogP contribution in [0.3, 0.4) is 0 Å². The van der Waals surface area contributed by atoms with E-state index in [0.717, 1.165) is 12.8 Å². The van der Waals surface area contributed by atoms with Crippen LogP contribution < -0.4 is 5.32 Å². The Bertz CT molecular complexity index is 511. The van der Waals surface area contributed by atoms with Gasteiger partial charge in [0.2, 0.25) is 0 Å². The molecule has 0 aromatic heterocycles. The average Bonchev–Trinajstić information content (AvgIpc) is 2.89. The second-order valence-corrected chi connectivity index (χ2v) is 12.5. The van der Waals surface area contributed by atoms with Gasteiger partial charge in [-0.3, -0.25) is 4.79 Å². The Kier molecular flexibility index (Phi) is 24.0. The summed E-state index contributed by atoms with van der Waals surface area (Å²) in [5.74, 6) is 0.665. The highest BCUT2D eigenvalue weighted by Crippen LogP contribution is 2.30. The molecule has 220 valence electrons. The molecule has 0 saturated heterocycles. The molecule has 0 spiro atoms. The smallest absolute Gasteiger partial charge is 0.153 e. The number of rotatable bonds is 28. The lowest BCUT2D eigenvalue weighted by Crippen LogP contribution is -2.53. The maximum absolute atomic E-state index is 14.2. The molecule has 0 aliphatic heterocycles. The average molecular weight is 520 g/mol. The molecule has 0 radical (unpaired) electrons. The molecule has 0 aliphatic carbocycles. The minimum atomic E-state index is -0.231. The van der Waals surface area contributed by atoms with Gasteiger partial charge in [0.25, 0.3) is 0 Å². The van der Waals surface area contributed by atoms with Gasteiger partial charge in [-0.1, -0.05) is 163 Å². The molecule has 2 atom stereocenters. The number of carbonyl (C=O) groups excluding carboxylic acids is 1. The predicted molar refractivity (Wildman–Crippen MR) is 167 cm³/mol. The van der Waals surface area contributed by atoms with Crippen molar-refractivity contribution in [2.45, 2.75) is 195 Å². The second kappa shape index (κ2) is 24.4. The summed E-state index contributed by atoms with van der Waals surface area (Å²) in [7, 11) is 0. The number of hydrogen-bond donors (Lipinski definition) is 1. The molecule has 37 heavy (non-hydrogen) atoms. The van der Waals surface area contributed by atoms with Crippen molar-refractivity contribution in [3.8, 4) is 0 Å². The van der Waals surface area contributed by atoms with Gasteiger partial charge in [-0.2, -0.15) is 0 Å². The van der Waals surface area contributed by atoms with Crippen LogP contribution in [0.15, 0.2) is 12.7 Å². The quantitative estimate of drug-likeness (QED) is 0.0822. The molecule has 0 saturated carbocycles. The summed E-state index contributed by atoms with van der Waals surface area (Å²) in [6.45, 7) is 17.7. The van der Waals surface area contributed by atoms with Crippen molar-refractivity contribution in [3.05, 3.63) is 12.7 Å². The first-order valence-corrected chi connectivity index (χ1v) is 16.8. The van der Waals surface area contributed by atoms with Crippen LogP contribution in [0.5, 0.6) is 0 Å². The van der Waals surface area contributed by atoms with Crippen molar-refractivity contribution in [2.75, 3.05) is 0 Å². The zero-order chi connectivity index (χ0) is 27.8. The molecule has 1 N–H and O–H groups in total. The molecule has 0 aliphatic rings. The van der Waals surface area contributed by atoms with Crippen LogP contribution in [0, 0.1) is 11.3 Å². The summed E-state index contributed by atoms with van der Waals surface area (Å²) in [6.07, 6.45) is 29.7. The fourth-order valence-corrected chi connectivity index (χ4v) is 5.62. The van der Waals surface area contributed by atoms with Gasteiger partial charge in [0.05, 0.1) is 6.04 Å². The lowest BCUT2D eigenvalue weighted by molar-refractivity contribution is -0.127. The minimum absolute atomic E-state index is 0.122. The summed E-state index contributed by atoms with van der Waals surface area (Å²) < 4.78 is 0. The highest BCUT2D eigenvalue weighted by Gasteiger charge is 2.37. The van der Waals surface area contributed by atoms with E-state index in [-0.39, 0.29) is 17.4 Å². The highest BCUT2D eigenvalue weighted by molar-refractivity contribution is 5.87. The Morgan fingerprint density at radius 3 is 1.38 bits per heavy atom. The molecular weight excluding hydrogens is 450 g/mol. The van der Waals surface area contributed by atoms with Gasteiger partial charge in [0.1, 0.15) is 0 Å². The van der Waals surface area contributed by atoms with Crippen LogP contribution in [0.4, 0.5) is 0 Å². The SMILES string of the molecule is C=CC(C)(C)C(NC(CCCCCCC)CCCCCCC)C(=O)C(CCCCC)CCCCCCC. The van der Waals surface area contributed by atoms with E-state index in [1.807, 2.05) is 6.08 Å². The van der Waals surface area contributed by atoms with Crippen molar-refractivity contribution in [3.63, 3.8) is 0 Å². The van der Waals surface area contributed by atoms with Crippen molar-refractivity contribution in [2.24, 2.45) is 11.3 Å². The lowest BCUT2D eigenvalue weighted by atomic mass is 9.76. The van der Waals surface area contributed by atoms with Gasteiger partial charge >= 0.3 is 0 Å². The minimum Gasteiger partial charge on any atom is -0.304 e. The molecule has 0 bridgehead atoms. The first-order chi connectivity index (χ1) is 17.9. The molecule has 2 heteroatoms. The number of ketones is 1. The van der Waals surface area contributed by atoms with Gasteiger partial charge in [-0.25, -0.2) is 0 Å². The van der Waals surface area contributed by atoms with Crippen molar-refractivity contribution in [1.29, 1.82) is 0 Å². The monoisotopic (exact) mass is 520 g/mol. The first-order valence-electron chi connectivity index (χ1n) is 16.8. The predicted octanol–water partition coefficient (Wildman–Crippen LogP) is 11.4. The van der Waals surface area contributed by atoms with Crippen molar-refractivity contribution in [1.82, 2.24) is 5.32 Å². The molecule has 0 aromatic rings.